The van der Waals surface area contributed by atoms with Crippen LogP contribution in [0.5, 0.6) is 11.5 Å². The third kappa shape index (κ3) is 5.33. The van der Waals surface area contributed by atoms with E-state index in [9.17, 15) is 17.6 Å². The molecule has 4 rings (SSSR count). The van der Waals surface area contributed by atoms with Gasteiger partial charge in [-0.1, -0.05) is 11.3 Å². The fraction of sp³-hybridized carbons (Fsp3) is 0.0455. The molecule has 0 spiro atoms. The number of halogens is 1. The summed E-state index contributed by atoms with van der Waals surface area (Å²) in [6.45, 7) is 0. The highest BCUT2D eigenvalue weighted by Gasteiger charge is 2.15. The minimum absolute atomic E-state index is 0.110. The number of thiazole rings is 1. The lowest BCUT2D eigenvalue weighted by Gasteiger charge is -2.12. The Bertz CT molecular complexity index is 1440. The molecule has 0 bridgehead atoms. The number of carbonyl (C=O) groups excluding carboxylic acids is 1. The van der Waals surface area contributed by atoms with Crippen LogP contribution in [0.1, 0.15) is 10.4 Å². The van der Waals surface area contributed by atoms with Crippen LogP contribution >= 0.6 is 11.3 Å². The molecule has 0 unspecified atom stereocenters. The highest BCUT2D eigenvalue weighted by Crippen LogP contribution is 2.32. The van der Waals surface area contributed by atoms with E-state index in [0.717, 1.165) is 12.5 Å². The maximum absolute atomic E-state index is 13.2. The highest BCUT2D eigenvalue weighted by atomic mass is 32.2. The van der Waals surface area contributed by atoms with Gasteiger partial charge in [0, 0.05) is 23.6 Å². The number of hydrogen-bond acceptors (Lipinski definition) is 8. The molecule has 0 saturated heterocycles. The van der Waals surface area contributed by atoms with Gasteiger partial charge >= 0.3 is 0 Å². The lowest BCUT2D eigenvalue weighted by molar-refractivity contribution is 0.102. The molecule has 1 amide bonds. The first kappa shape index (κ1) is 22.4. The molecule has 8 nitrogen and oxygen atoms in total. The van der Waals surface area contributed by atoms with Crippen molar-refractivity contribution in [1.82, 2.24) is 9.97 Å². The predicted octanol–water partition coefficient (Wildman–Crippen LogP) is 4.37. The summed E-state index contributed by atoms with van der Waals surface area (Å²) in [4.78, 5) is 21.0. The number of ether oxygens (including phenoxy) is 1. The number of anilines is 2. The van der Waals surface area contributed by atoms with Gasteiger partial charge in [0.25, 0.3) is 5.91 Å². The maximum Gasteiger partial charge on any atom is 0.257 e. The molecule has 2 heterocycles. The van der Waals surface area contributed by atoms with Gasteiger partial charge in [0.05, 0.1) is 22.5 Å². The Labute approximate surface area is 192 Å². The molecule has 11 heteroatoms. The van der Waals surface area contributed by atoms with Gasteiger partial charge in [0.2, 0.25) is 0 Å². The second-order valence-electron chi connectivity index (χ2n) is 6.96. The van der Waals surface area contributed by atoms with Crippen molar-refractivity contribution in [3.05, 3.63) is 77.7 Å². The summed E-state index contributed by atoms with van der Waals surface area (Å²) >= 11 is 0.701. The van der Waals surface area contributed by atoms with Crippen LogP contribution in [0.4, 0.5) is 15.2 Å². The molecule has 0 fully saturated rings. The summed E-state index contributed by atoms with van der Waals surface area (Å²) in [5.74, 6) is 0.125. The van der Waals surface area contributed by atoms with Crippen molar-refractivity contribution in [1.29, 1.82) is 0 Å². The van der Waals surface area contributed by atoms with Gasteiger partial charge in [0.15, 0.2) is 20.1 Å². The first-order valence-electron chi connectivity index (χ1n) is 9.46. The molecule has 0 saturated carbocycles. The van der Waals surface area contributed by atoms with Gasteiger partial charge in [0.1, 0.15) is 11.5 Å². The Hall–Kier alpha value is -3.83. The van der Waals surface area contributed by atoms with Crippen molar-refractivity contribution in [3.8, 4) is 22.8 Å². The second-order valence-corrected chi connectivity index (χ2v) is 9.95. The molecule has 0 radical (unpaired) electrons. The number of amides is 1. The molecule has 0 atom stereocenters. The van der Waals surface area contributed by atoms with Gasteiger partial charge in [-0.2, -0.15) is 4.39 Å². The van der Waals surface area contributed by atoms with Crippen LogP contribution in [0.2, 0.25) is 0 Å². The minimum Gasteiger partial charge on any atom is -0.457 e. The summed E-state index contributed by atoms with van der Waals surface area (Å²) in [5.41, 5.74) is 7.63. The Morgan fingerprint density at radius 1 is 1.09 bits per heavy atom. The lowest BCUT2D eigenvalue weighted by Crippen LogP contribution is -2.12. The average molecular weight is 485 g/mol. The van der Waals surface area contributed by atoms with Crippen LogP contribution in [0.15, 0.2) is 71.9 Å². The molecule has 2 aromatic heterocycles. The van der Waals surface area contributed by atoms with Crippen LogP contribution in [-0.4, -0.2) is 30.5 Å². The van der Waals surface area contributed by atoms with Crippen LogP contribution in [0, 0.1) is 5.13 Å². The number of nitrogens with one attached hydrogen (secondary N) is 1. The average Bonchev–Trinajstić information content (AvgIpc) is 3.18. The quantitative estimate of drug-likeness (QED) is 0.416. The number of nitrogens with zero attached hydrogens (tertiary/aromatic N) is 2. The number of benzene rings is 2. The van der Waals surface area contributed by atoms with Gasteiger partial charge in [-0.3, -0.25) is 15.1 Å². The molecule has 3 N–H and O–H groups in total. The largest absolute Gasteiger partial charge is 0.457 e. The summed E-state index contributed by atoms with van der Waals surface area (Å²) in [6, 6.07) is 14.0. The first-order valence-corrected chi connectivity index (χ1v) is 12.2. The van der Waals surface area contributed by atoms with Crippen molar-refractivity contribution in [3.63, 3.8) is 0 Å². The molecular formula is C22H17FN4O4S2. The smallest absolute Gasteiger partial charge is 0.257 e. The van der Waals surface area contributed by atoms with Crippen LogP contribution in [0.25, 0.3) is 11.3 Å². The summed E-state index contributed by atoms with van der Waals surface area (Å²) < 4.78 is 42.5. The van der Waals surface area contributed by atoms with E-state index in [0.29, 0.717) is 39.8 Å². The number of aromatic nitrogens is 2. The SMILES string of the molecule is CS(=O)(=O)c1ccc(Oc2cc(C(=O)Nc3ncc(F)s3)cc(-c3ncccc3N)c2)cc1. The fourth-order valence-corrected chi connectivity index (χ4v) is 4.13. The predicted molar refractivity (Wildman–Crippen MR) is 124 cm³/mol. The maximum atomic E-state index is 13.2. The highest BCUT2D eigenvalue weighted by molar-refractivity contribution is 7.90. The van der Waals surface area contributed by atoms with Gasteiger partial charge < -0.3 is 10.5 Å². The van der Waals surface area contributed by atoms with Crippen LogP contribution in [0.3, 0.4) is 0 Å². The van der Waals surface area contributed by atoms with Gasteiger partial charge in [-0.05, 0) is 54.6 Å². The topological polar surface area (TPSA) is 124 Å². The molecule has 4 aromatic rings. The Morgan fingerprint density at radius 2 is 1.85 bits per heavy atom. The van der Waals surface area contributed by atoms with Crippen molar-refractivity contribution >= 4 is 37.9 Å². The third-order valence-electron chi connectivity index (χ3n) is 4.47. The van der Waals surface area contributed by atoms with Crippen LogP contribution < -0.4 is 15.8 Å². The van der Waals surface area contributed by atoms with Crippen molar-refractivity contribution in [2.75, 3.05) is 17.3 Å². The van der Waals surface area contributed by atoms with Crippen molar-refractivity contribution in [2.45, 2.75) is 4.90 Å². The van der Waals surface area contributed by atoms with E-state index in [-0.39, 0.29) is 15.6 Å². The van der Waals surface area contributed by atoms with Crippen LogP contribution in [-0.2, 0) is 9.84 Å². The van der Waals surface area contributed by atoms with E-state index in [1.165, 1.54) is 30.3 Å². The van der Waals surface area contributed by atoms with Gasteiger partial charge in [-0.25, -0.2) is 13.4 Å². The molecule has 168 valence electrons. The molecule has 0 aliphatic heterocycles. The van der Waals surface area contributed by atoms with E-state index in [1.807, 2.05) is 0 Å². The van der Waals surface area contributed by atoms with E-state index < -0.39 is 20.9 Å². The Morgan fingerprint density at radius 3 is 2.48 bits per heavy atom. The standard InChI is InChI=1S/C22H17FN4O4S2/c1-33(29,30)17-6-4-15(5-7-17)31-16-10-13(20-18(24)3-2-8-25-20)9-14(11-16)21(28)27-22-26-12-19(23)32-22/h2-12H,24H2,1H3,(H,26,27,28). The zero-order valence-corrected chi connectivity index (χ0v) is 18.8. The molecule has 2 aromatic carbocycles. The monoisotopic (exact) mass is 484 g/mol. The van der Waals surface area contributed by atoms with E-state index in [1.54, 1.807) is 30.5 Å². The second kappa shape index (κ2) is 8.96. The van der Waals surface area contributed by atoms with Crippen molar-refractivity contribution < 1.29 is 22.3 Å². The van der Waals surface area contributed by atoms with Gasteiger partial charge in [-0.15, -0.1) is 0 Å². The number of rotatable bonds is 6. The fourth-order valence-electron chi connectivity index (χ4n) is 2.96. The number of nitrogen functional groups attached to an aromatic ring is 1. The van der Waals surface area contributed by atoms with E-state index in [4.69, 9.17) is 10.5 Å². The summed E-state index contributed by atoms with van der Waals surface area (Å²) in [6.07, 6.45) is 3.70. The molecular weight excluding hydrogens is 467 g/mol. The number of nitrogens with two attached hydrogens (primary N) is 1. The van der Waals surface area contributed by atoms with Crippen molar-refractivity contribution in [2.24, 2.45) is 0 Å². The number of carbonyl (C=O) groups is 1. The number of sulfone groups is 1. The molecule has 0 aliphatic rings. The zero-order valence-electron chi connectivity index (χ0n) is 17.2. The molecule has 33 heavy (non-hydrogen) atoms. The number of pyridine rings is 1. The van der Waals surface area contributed by atoms with E-state index >= 15 is 0 Å². The number of hydrogen-bond donors (Lipinski definition) is 2. The lowest BCUT2D eigenvalue weighted by atomic mass is 10.0. The minimum atomic E-state index is -3.35. The first-order chi connectivity index (χ1) is 15.7. The Kier molecular flexibility index (Phi) is 6.07. The third-order valence-corrected chi connectivity index (χ3v) is 6.30. The molecule has 0 aliphatic carbocycles. The summed E-state index contributed by atoms with van der Waals surface area (Å²) in [7, 11) is -3.35. The normalized spacial score (nSPS) is 11.2. The van der Waals surface area contributed by atoms with E-state index in [2.05, 4.69) is 15.3 Å². The Balaban J connectivity index is 1.71. The summed E-state index contributed by atoms with van der Waals surface area (Å²) in [5, 5.41) is 2.13. The zero-order chi connectivity index (χ0) is 23.6.